The summed E-state index contributed by atoms with van der Waals surface area (Å²) in [6.45, 7) is 7.47. The second-order valence-corrected chi connectivity index (χ2v) is 5.83. The SMILES string of the molecule is Cc1cnccc1N1CCN(Cc2nccs2)CC1. The van der Waals surface area contributed by atoms with Crippen molar-refractivity contribution in [3.8, 4) is 0 Å². The molecule has 0 aromatic carbocycles. The fourth-order valence-corrected chi connectivity index (χ4v) is 3.15. The molecule has 0 aliphatic carbocycles. The second-order valence-electron chi connectivity index (χ2n) is 4.85. The van der Waals surface area contributed by atoms with Crippen LogP contribution < -0.4 is 4.90 Å². The number of nitrogens with zero attached hydrogens (tertiary/aromatic N) is 4. The highest BCUT2D eigenvalue weighted by molar-refractivity contribution is 7.09. The summed E-state index contributed by atoms with van der Waals surface area (Å²) >= 11 is 1.74. The van der Waals surface area contributed by atoms with Gasteiger partial charge in [-0.2, -0.15) is 0 Å². The first-order valence-electron chi connectivity index (χ1n) is 6.59. The van der Waals surface area contributed by atoms with Gasteiger partial charge in [-0.25, -0.2) is 4.98 Å². The Balaban J connectivity index is 1.59. The molecule has 100 valence electrons. The van der Waals surface area contributed by atoms with Crippen molar-refractivity contribution in [2.75, 3.05) is 31.1 Å². The second kappa shape index (κ2) is 5.67. The fourth-order valence-electron chi connectivity index (χ4n) is 2.49. The Labute approximate surface area is 117 Å². The predicted octanol–water partition coefficient (Wildman–Crippen LogP) is 2.17. The highest BCUT2D eigenvalue weighted by atomic mass is 32.1. The monoisotopic (exact) mass is 274 g/mol. The van der Waals surface area contributed by atoms with Gasteiger partial charge < -0.3 is 4.90 Å². The Hall–Kier alpha value is -1.46. The Morgan fingerprint density at radius 2 is 2.05 bits per heavy atom. The molecule has 1 saturated heterocycles. The van der Waals surface area contributed by atoms with Crippen LogP contribution in [0.1, 0.15) is 10.6 Å². The lowest BCUT2D eigenvalue weighted by Gasteiger charge is -2.36. The molecule has 4 nitrogen and oxygen atoms in total. The molecule has 3 rings (SSSR count). The number of aryl methyl sites for hydroxylation is 1. The summed E-state index contributed by atoms with van der Waals surface area (Å²) in [5.74, 6) is 0. The van der Waals surface area contributed by atoms with E-state index >= 15 is 0 Å². The summed E-state index contributed by atoms with van der Waals surface area (Å²) in [7, 11) is 0. The van der Waals surface area contributed by atoms with Crippen LogP contribution in [0, 0.1) is 6.92 Å². The van der Waals surface area contributed by atoms with E-state index < -0.39 is 0 Å². The van der Waals surface area contributed by atoms with Crippen molar-refractivity contribution in [2.24, 2.45) is 0 Å². The van der Waals surface area contributed by atoms with E-state index in [1.165, 1.54) is 16.3 Å². The molecule has 0 atom stereocenters. The van der Waals surface area contributed by atoms with Gasteiger partial charge >= 0.3 is 0 Å². The first-order chi connectivity index (χ1) is 9.33. The lowest BCUT2D eigenvalue weighted by atomic mass is 10.2. The van der Waals surface area contributed by atoms with Crippen molar-refractivity contribution in [3.05, 3.63) is 40.6 Å². The van der Waals surface area contributed by atoms with Crippen LogP contribution in [0.25, 0.3) is 0 Å². The summed E-state index contributed by atoms with van der Waals surface area (Å²) in [5, 5.41) is 3.26. The molecule has 2 aromatic heterocycles. The molecule has 5 heteroatoms. The van der Waals surface area contributed by atoms with Crippen LogP contribution >= 0.6 is 11.3 Å². The molecule has 1 aliphatic heterocycles. The number of hydrogen-bond donors (Lipinski definition) is 0. The fraction of sp³-hybridized carbons (Fsp3) is 0.429. The normalized spacial score (nSPS) is 16.8. The molecule has 1 fully saturated rings. The van der Waals surface area contributed by atoms with Gasteiger partial charge in [0.15, 0.2) is 0 Å². The maximum Gasteiger partial charge on any atom is 0.107 e. The molecule has 1 aliphatic rings. The number of hydrogen-bond acceptors (Lipinski definition) is 5. The zero-order valence-electron chi connectivity index (χ0n) is 11.1. The van der Waals surface area contributed by atoms with E-state index in [0.29, 0.717) is 0 Å². The largest absolute Gasteiger partial charge is 0.369 e. The molecule has 19 heavy (non-hydrogen) atoms. The molecule has 0 bridgehead atoms. The minimum absolute atomic E-state index is 0.987. The van der Waals surface area contributed by atoms with Crippen LogP contribution in [-0.2, 0) is 6.54 Å². The number of anilines is 1. The van der Waals surface area contributed by atoms with Crippen LogP contribution in [0.3, 0.4) is 0 Å². The lowest BCUT2D eigenvalue weighted by molar-refractivity contribution is 0.249. The van der Waals surface area contributed by atoms with Crippen molar-refractivity contribution in [1.82, 2.24) is 14.9 Å². The van der Waals surface area contributed by atoms with Gasteiger partial charge in [-0.05, 0) is 18.6 Å². The smallest absolute Gasteiger partial charge is 0.107 e. The quantitative estimate of drug-likeness (QED) is 0.858. The Bertz CT molecular complexity index is 518. The summed E-state index contributed by atoms with van der Waals surface area (Å²) in [6.07, 6.45) is 5.71. The van der Waals surface area contributed by atoms with Gasteiger partial charge in [0.1, 0.15) is 5.01 Å². The predicted molar refractivity (Wildman–Crippen MR) is 78.6 cm³/mol. The van der Waals surface area contributed by atoms with E-state index in [0.717, 1.165) is 32.7 Å². The first kappa shape index (κ1) is 12.6. The van der Waals surface area contributed by atoms with Crippen molar-refractivity contribution in [1.29, 1.82) is 0 Å². The Kier molecular flexibility index (Phi) is 3.75. The van der Waals surface area contributed by atoms with Crippen LogP contribution in [0.5, 0.6) is 0 Å². The lowest BCUT2D eigenvalue weighted by Crippen LogP contribution is -2.46. The van der Waals surface area contributed by atoms with Crippen LogP contribution in [0.15, 0.2) is 30.0 Å². The summed E-state index contributed by atoms with van der Waals surface area (Å²) in [5.41, 5.74) is 2.58. The van der Waals surface area contributed by atoms with E-state index in [1.807, 2.05) is 24.0 Å². The van der Waals surface area contributed by atoms with Crippen LogP contribution in [0.2, 0.25) is 0 Å². The zero-order valence-corrected chi connectivity index (χ0v) is 11.9. The van der Waals surface area contributed by atoms with E-state index in [9.17, 15) is 0 Å². The average molecular weight is 274 g/mol. The number of pyridine rings is 1. The molecular formula is C14H18N4S. The molecule has 2 aromatic rings. The van der Waals surface area contributed by atoms with Gasteiger partial charge in [-0.15, -0.1) is 11.3 Å². The molecule has 0 saturated carbocycles. The molecule has 0 spiro atoms. The Morgan fingerprint density at radius 1 is 1.21 bits per heavy atom. The van der Waals surface area contributed by atoms with Gasteiger partial charge in [-0.1, -0.05) is 0 Å². The summed E-state index contributed by atoms with van der Waals surface area (Å²) < 4.78 is 0. The summed E-state index contributed by atoms with van der Waals surface area (Å²) in [4.78, 5) is 13.4. The van der Waals surface area contributed by atoms with Crippen molar-refractivity contribution < 1.29 is 0 Å². The molecular weight excluding hydrogens is 256 g/mol. The van der Waals surface area contributed by atoms with E-state index in [1.54, 1.807) is 11.3 Å². The molecule has 0 unspecified atom stereocenters. The maximum absolute atomic E-state index is 4.36. The highest BCUT2D eigenvalue weighted by Crippen LogP contribution is 2.20. The third kappa shape index (κ3) is 2.93. The first-order valence-corrected chi connectivity index (χ1v) is 7.47. The zero-order chi connectivity index (χ0) is 13.1. The van der Waals surface area contributed by atoms with E-state index in [-0.39, 0.29) is 0 Å². The third-order valence-electron chi connectivity index (χ3n) is 3.55. The molecule has 0 N–H and O–H groups in total. The average Bonchev–Trinajstić information content (AvgIpc) is 2.93. The van der Waals surface area contributed by atoms with Crippen molar-refractivity contribution >= 4 is 17.0 Å². The minimum atomic E-state index is 0.987. The van der Waals surface area contributed by atoms with E-state index in [2.05, 4.69) is 32.8 Å². The third-order valence-corrected chi connectivity index (χ3v) is 4.31. The maximum atomic E-state index is 4.36. The Morgan fingerprint density at radius 3 is 2.74 bits per heavy atom. The van der Waals surface area contributed by atoms with Crippen LogP contribution in [-0.4, -0.2) is 41.0 Å². The number of aromatic nitrogens is 2. The highest BCUT2D eigenvalue weighted by Gasteiger charge is 2.18. The van der Waals surface area contributed by atoms with Gasteiger partial charge in [0.05, 0.1) is 6.54 Å². The molecule has 0 radical (unpaired) electrons. The summed E-state index contributed by atoms with van der Waals surface area (Å²) in [6, 6.07) is 2.12. The molecule has 0 amide bonds. The molecule has 3 heterocycles. The van der Waals surface area contributed by atoms with Crippen molar-refractivity contribution in [2.45, 2.75) is 13.5 Å². The van der Waals surface area contributed by atoms with Gasteiger partial charge in [0.2, 0.25) is 0 Å². The topological polar surface area (TPSA) is 32.3 Å². The van der Waals surface area contributed by atoms with Crippen LogP contribution in [0.4, 0.5) is 5.69 Å². The van der Waals surface area contributed by atoms with Gasteiger partial charge in [0.25, 0.3) is 0 Å². The van der Waals surface area contributed by atoms with Crippen molar-refractivity contribution in [3.63, 3.8) is 0 Å². The standard InChI is InChI=1S/C14H18N4S/c1-12-10-15-3-2-13(12)18-7-5-17(6-8-18)11-14-16-4-9-19-14/h2-4,9-10H,5-8,11H2,1H3. The number of thiazole rings is 1. The van der Waals surface area contributed by atoms with Gasteiger partial charge in [0, 0.05) is 55.8 Å². The number of piperazine rings is 1. The van der Waals surface area contributed by atoms with Gasteiger partial charge in [-0.3, -0.25) is 9.88 Å². The van der Waals surface area contributed by atoms with E-state index in [4.69, 9.17) is 0 Å². The minimum Gasteiger partial charge on any atom is -0.369 e. The number of rotatable bonds is 3.